The summed E-state index contributed by atoms with van der Waals surface area (Å²) in [5.74, 6) is -2.91. The van der Waals surface area contributed by atoms with Gasteiger partial charge in [0.15, 0.2) is 0 Å². The van der Waals surface area contributed by atoms with Gasteiger partial charge in [0.2, 0.25) is 5.75 Å². The Morgan fingerprint density at radius 2 is 1.29 bits per heavy atom. The average Bonchev–Trinajstić information content (AvgIpc) is 2.19. The van der Waals surface area contributed by atoms with E-state index >= 15 is 0 Å². The van der Waals surface area contributed by atoms with E-state index in [9.17, 15) is 30.3 Å². The molecule has 0 saturated carbocycles. The third-order valence-electron chi connectivity index (χ3n) is 1.78. The number of benzene rings is 1. The number of nitro benzene ring substituents is 3. The van der Waals surface area contributed by atoms with Crippen LogP contribution in [0, 0.1) is 30.3 Å². The van der Waals surface area contributed by atoms with Crippen molar-refractivity contribution in [2.24, 2.45) is 0 Å². The lowest BCUT2D eigenvalue weighted by Gasteiger charge is -2.00. The highest BCUT2D eigenvalue weighted by Crippen LogP contribution is 2.47. The van der Waals surface area contributed by atoms with Gasteiger partial charge in [-0.3, -0.25) is 30.3 Å². The highest BCUT2D eigenvalue weighted by atomic mass is 16.6. The first-order valence-corrected chi connectivity index (χ1v) is 3.79. The first-order chi connectivity index (χ1) is 7.77. The summed E-state index contributed by atoms with van der Waals surface area (Å²) in [6.45, 7) is 0. The summed E-state index contributed by atoms with van der Waals surface area (Å²) in [5, 5.41) is 49.5. The summed E-state index contributed by atoms with van der Waals surface area (Å²) in [4.78, 5) is 27.5. The number of nitrogens with zero attached hydrogens (tertiary/aromatic N) is 3. The van der Waals surface area contributed by atoms with Crippen molar-refractivity contribution in [3.8, 4) is 11.5 Å². The van der Waals surface area contributed by atoms with Gasteiger partial charge < -0.3 is 10.2 Å². The Balaban J connectivity index is 3.75. The van der Waals surface area contributed by atoms with Crippen LogP contribution in [-0.4, -0.2) is 25.0 Å². The minimum Gasteiger partial charge on any atom is -0.499 e. The van der Waals surface area contributed by atoms with Gasteiger partial charge in [-0.05, 0) is 0 Å². The molecule has 0 aliphatic carbocycles. The van der Waals surface area contributed by atoms with Gasteiger partial charge in [-0.1, -0.05) is 0 Å². The maximum absolute atomic E-state index is 10.5. The molecule has 1 aromatic carbocycles. The molecule has 90 valence electrons. The Hall–Kier alpha value is -2.98. The summed E-state index contributed by atoms with van der Waals surface area (Å²) in [6.07, 6.45) is 0. The van der Waals surface area contributed by atoms with Crippen molar-refractivity contribution in [1.29, 1.82) is 0 Å². The van der Waals surface area contributed by atoms with Gasteiger partial charge in [0.25, 0.3) is 5.75 Å². The zero-order chi connectivity index (χ0) is 13.3. The number of hydrogen-bond acceptors (Lipinski definition) is 8. The molecule has 0 bridgehead atoms. The van der Waals surface area contributed by atoms with E-state index < -0.39 is 43.3 Å². The lowest BCUT2D eigenvalue weighted by atomic mass is 10.2. The van der Waals surface area contributed by atoms with Gasteiger partial charge in [-0.15, -0.1) is 0 Å². The van der Waals surface area contributed by atoms with Gasteiger partial charge in [0.05, 0.1) is 14.8 Å². The molecule has 1 rings (SSSR count). The molecule has 0 spiro atoms. The van der Waals surface area contributed by atoms with Crippen LogP contribution in [0.25, 0.3) is 0 Å². The Bertz CT molecular complexity index is 539. The van der Waals surface area contributed by atoms with Gasteiger partial charge in [-0.2, -0.15) is 0 Å². The van der Waals surface area contributed by atoms with Crippen molar-refractivity contribution in [3.63, 3.8) is 0 Å². The molecule has 11 heteroatoms. The molecule has 0 aromatic heterocycles. The van der Waals surface area contributed by atoms with E-state index in [1.165, 1.54) is 0 Å². The minimum atomic E-state index is -1.52. The zero-order valence-corrected chi connectivity index (χ0v) is 7.76. The smallest absolute Gasteiger partial charge is 0.391 e. The predicted molar refractivity (Wildman–Crippen MR) is 49.7 cm³/mol. The molecular formula is C6H3N3O8. The third kappa shape index (κ3) is 1.88. The summed E-state index contributed by atoms with van der Waals surface area (Å²) in [5.41, 5.74) is -3.88. The van der Waals surface area contributed by atoms with Gasteiger partial charge >= 0.3 is 17.1 Å². The van der Waals surface area contributed by atoms with Gasteiger partial charge in [0, 0.05) is 0 Å². The molecule has 0 atom stereocenters. The molecule has 0 saturated heterocycles. The van der Waals surface area contributed by atoms with Crippen LogP contribution in [0.4, 0.5) is 17.1 Å². The molecule has 2 N–H and O–H groups in total. The molecule has 0 amide bonds. The van der Waals surface area contributed by atoms with Crippen molar-refractivity contribution in [3.05, 3.63) is 36.4 Å². The highest BCUT2D eigenvalue weighted by Gasteiger charge is 2.37. The van der Waals surface area contributed by atoms with E-state index in [-0.39, 0.29) is 6.07 Å². The molecule has 0 fully saturated rings. The fourth-order valence-corrected chi connectivity index (χ4v) is 1.08. The Morgan fingerprint density at radius 3 is 1.65 bits per heavy atom. The number of hydrogen-bond donors (Lipinski definition) is 2. The Labute approximate surface area is 91.0 Å². The second-order valence-electron chi connectivity index (χ2n) is 2.73. The fourth-order valence-electron chi connectivity index (χ4n) is 1.08. The van der Waals surface area contributed by atoms with E-state index in [2.05, 4.69) is 0 Å². The van der Waals surface area contributed by atoms with Crippen LogP contribution in [0.1, 0.15) is 0 Å². The first kappa shape index (κ1) is 12.1. The van der Waals surface area contributed by atoms with E-state index in [1.54, 1.807) is 0 Å². The maximum Gasteiger partial charge on any atom is 0.391 e. The molecule has 0 aliphatic heterocycles. The highest BCUT2D eigenvalue weighted by molar-refractivity contribution is 5.73. The SMILES string of the molecule is O=[N+]([O-])c1cc([N+](=O)[O-])c([N+](=O)[O-])c(O)c1O. The number of aromatic hydroxyl groups is 2. The second kappa shape index (κ2) is 3.88. The molecule has 0 heterocycles. The van der Waals surface area contributed by atoms with Crippen molar-refractivity contribution in [1.82, 2.24) is 0 Å². The van der Waals surface area contributed by atoms with Crippen LogP contribution in [0.3, 0.4) is 0 Å². The van der Waals surface area contributed by atoms with Crippen LogP contribution in [0.5, 0.6) is 11.5 Å². The minimum absolute atomic E-state index is 0.202. The standard InChI is InChI=1S/C6H3N3O8/c10-5-3(8(14)15)1-2(7(12)13)4(6(5)11)9(16)17/h1,10-11H. The van der Waals surface area contributed by atoms with Crippen LogP contribution in [0.15, 0.2) is 6.07 Å². The molecule has 0 aliphatic rings. The number of phenols is 2. The van der Waals surface area contributed by atoms with E-state index in [4.69, 9.17) is 10.2 Å². The van der Waals surface area contributed by atoms with E-state index in [1.807, 2.05) is 0 Å². The van der Waals surface area contributed by atoms with Crippen molar-refractivity contribution in [2.75, 3.05) is 0 Å². The van der Waals surface area contributed by atoms with Crippen LogP contribution in [-0.2, 0) is 0 Å². The Morgan fingerprint density at radius 1 is 0.824 bits per heavy atom. The summed E-state index contributed by atoms with van der Waals surface area (Å²) < 4.78 is 0. The summed E-state index contributed by atoms with van der Waals surface area (Å²) >= 11 is 0. The van der Waals surface area contributed by atoms with Crippen LogP contribution >= 0.6 is 0 Å². The van der Waals surface area contributed by atoms with Crippen molar-refractivity contribution in [2.45, 2.75) is 0 Å². The van der Waals surface area contributed by atoms with Gasteiger partial charge in [-0.25, -0.2) is 0 Å². The van der Waals surface area contributed by atoms with Crippen LogP contribution < -0.4 is 0 Å². The average molecular weight is 245 g/mol. The van der Waals surface area contributed by atoms with Crippen molar-refractivity contribution >= 4 is 17.1 Å². The van der Waals surface area contributed by atoms with Gasteiger partial charge in [0.1, 0.15) is 6.07 Å². The monoisotopic (exact) mass is 245 g/mol. The zero-order valence-electron chi connectivity index (χ0n) is 7.76. The fraction of sp³-hybridized carbons (Fsp3) is 0. The number of phenolic OH excluding ortho intramolecular Hbond substituents is 2. The molecule has 0 unspecified atom stereocenters. The molecular weight excluding hydrogens is 242 g/mol. The van der Waals surface area contributed by atoms with Crippen molar-refractivity contribution < 1.29 is 25.0 Å². The largest absolute Gasteiger partial charge is 0.499 e. The maximum atomic E-state index is 10.5. The lowest BCUT2D eigenvalue weighted by molar-refractivity contribution is -0.425. The van der Waals surface area contributed by atoms with E-state index in [0.717, 1.165) is 0 Å². The summed E-state index contributed by atoms with van der Waals surface area (Å²) in [7, 11) is 0. The predicted octanol–water partition coefficient (Wildman–Crippen LogP) is 0.822. The first-order valence-electron chi connectivity index (χ1n) is 3.79. The molecule has 11 nitrogen and oxygen atoms in total. The number of nitro groups is 3. The quantitative estimate of drug-likeness (QED) is 0.447. The normalized spacial score (nSPS) is 9.88. The lowest BCUT2D eigenvalue weighted by Crippen LogP contribution is -1.99. The Kier molecular flexibility index (Phi) is 2.76. The number of rotatable bonds is 3. The third-order valence-corrected chi connectivity index (χ3v) is 1.78. The topological polar surface area (TPSA) is 170 Å². The molecule has 1 aromatic rings. The molecule has 17 heavy (non-hydrogen) atoms. The molecule has 0 radical (unpaired) electrons. The van der Waals surface area contributed by atoms with Crippen LogP contribution in [0.2, 0.25) is 0 Å². The summed E-state index contributed by atoms with van der Waals surface area (Å²) in [6, 6.07) is 0.202. The van der Waals surface area contributed by atoms with E-state index in [0.29, 0.717) is 0 Å². The second-order valence-corrected chi connectivity index (χ2v) is 2.73.